The SMILES string of the molecule is C[C@@H](NC(=O)CSc1nnc(C(F)(F)F)n1C)c1ccccc1. The zero-order valence-electron chi connectivity index (χ0n) is 12.5. The van der Waals surface area contributed by atoms with Gasteiger partial charge in [-0.25, -0.2) is 0 Å². The van der Waals surface area contributed by atoms with Crippen LogP contribution < -0.4 is 5.32 Å². The Morgan fingerprint density at radius 1 is 1.30 bits per heavy atom. The second kappa shape index (κ2) is 7.03. The van der Waals surface area contributed by atoms with Crippen molar-refractivity contribution in [3.8, 4) is 0 Å². The number of alkyl halides is 3. The summed E-state index contributed by atoms with van der Waals surface area (Å²) in [6.45, 7) is 1.84. The minimum absolute atomic E-state index is 0.0407. The molecule has 0 unspecified atom stereocenters. The predicted molar refractivity (Wildman–Crippen MR) is 79.7 cm³/mol. The molecule has 2 rings (SSSR count). The summed E-state index contributed by atoms with van der Waals surface area (Å²) in [6, 6.07) is 9.19. The van der Waals surface area contributed by atoms with Gasteiger partial charge in [0.15, 0.2) is 5.16 Å². The molecule has 23 heavy (non-hydrogen) atoms. The number of amides is 1. The predicted octanol–water partition coefficient (Wildman–Crippen LogP) is 2.80. The highest BCUT2D eigenvalue weighted by Gasteiger charge is 2.37. The van der Waals surface area contributed by atoms with E-state index in [0.29, 0.717) is 0 Å². The van der Waals surface area contributed by atoms with E-state index in [1.807, 2.05) is 37.3 Å². The number of aromatic nitrogens is 3. The Kier molecular flexibility index (Phi) is 5.30. The fraction of sp³-hybridized carbons (Fsp3) is 0.357. The molecule has 0 saturated carbocycles. The van der Waals surface area contributed by atoms with Crippen molar-refractivity contribution < 1.29 is 18.0 Å². The van der Waals surface area contributed by atoms with Gasteiger partial charge in [0.05, 0.1) is 11.8 Å². The minimum Gasteiger partial charge on any atom is -0.349 e. The molecule has 0 aliphatic carbocycles. The zero-order valence-corrected chi connectivity index (χ0v) is 13.3. The highest BCUT2D eigenvalue weighted by atomic mass is 32.2. The lowest BCUT2D eigenvalue weighted by Gasteiger charge is -2.14. The first kappa shape index (κ1) is 17.3. The van der Waals surface area contributed by atoms with E-state index in [4.69, 9.17) is 0 Å². The van der Waals surface area contributed by atoms with Crippen LogP contribution in [0.4, 0.5) is 13.2 Å². The number of nitrogens with zero attached hydrogens (tertiary/aromatic N) is 3. The standard InChI is InChI=1S/C14H15F3N4OS/c1-9(10-6-4-3-5-7-10)18-11(22)8-23-13-20-19-12(21(13)2)14(15,16)17/h3-7,9H,8H2,1-2H3,(H,18,22)/t9-/m1/s1. The lowest BCUT2D eigenvalue weighted by atomic mass is 10.1. The van der Waals surface area contributed by atoms with E-state index >= 15 is 0 Å². The van der Waals surface area contributed by atoms with Crippen LogP contribution in [0.2, 0.25) is 0 Å². The van der Waals surface area contributed by atoms with Gasteiger partial charge in [-0.05, 0) is 12.5 Å². The van der Waals surface area contributed by atoms with E-state index in [0.717, 1.165) is 21.9 Å². The molecule has 0 aliphatic rings. The Hall–Kier alpha value is -2.03. The van der Waals surface area contributed by atoms with Crippen LogP contribution in [0.25, 0.3) is 0 Å². The maximum atomic E-state index is 12.6. The van der Waals surface area contributed by atoms with Crippen molar-refractivity contribution in [2.75, 3.05) is 5.75 Å². The van der Waals surface area contributed by atoms with E-state index in [9.17, 15) is 18.0 Å². The first-order chi connectivity index (χ1) is 10.8. The van der Waals surface area contributed by atoms with Crippen molar-refractivity contribution in [3.63, 3.8) is 0 Å². The van der Waals surface area contributed by atoms with Crippen molar-refractivity contribution in [3.05, 3.63) is 41.7 Å². The molecular weight excluding hydrogens is 329 g/mol. The number of nitrogens with one attached hydrogen (secondary N) is 1. The normalized spacial score (nSPS) is 12.9. The lowest BCUT2D eigenvalue weighted by molar-refractivity contribution is -0.147. The Balaban J connectivity index is 1.91. The van der Waals surface area contributed by atoms with Gasteiger partial charge in [0.1, 0.15) is 0 Å². The Morgan fingerprint density at radius 2 is 1.96 bits per heavy atom. The summed E-state index contributed by atoms with van der Waals surface area (Å²) in [7, 11) is 1.22. The number of rotatable bonds is 5. The number of halogens is 3. The highest BCUT2D eigenvalue weighted by molar-refractivity contribution is 7.99. The van der Waals surface area contributed by atoms with Gasteiger partial charge < -0.3 is 9.88 Å². The quantitative estimate of drug-likeness (QED) is 0.848. The van der Waals surface area contributed by atoms with Crippen molar-refractivity contribution in [2.24, 2.45) is 7.05 Å². The van der Waals surface area contributed by atoms with Crippen LogP contribution in [0.5, 0.6) is 0 Å². The summed E-state index contributed by atoms with van der Waals surface area (Å²) in [5.41, 5.74) is 0.948. The molecule has 1 N–H and O–H groups in total. The third-order valence-corrected chi connectivity index (χ3v) is 4.12. The number of thioether (sulfide) groups is 1. The van der Waals surface area contributed by atoms with Gasteiger partial charge in [0, 0.05) is 7.05 Å². The van der Waals surface area contributed by atoms with Gasteiger partial charge in [-0.3, -0.25) is 4.79 Å². The molecule has 1 atom stereocenters. The molecule has 2 aromatic rings. The van der Waals surface area contributed by atoms with E-state index in [-0.39, 0.29) is 22.9 Å². The molecule has 0 bridgehead atoms. The molecule has 0 spiro atoms. The summed E-state index contributed by atoms with van der Waals surface area (Å²) in [5.74, 6) is -1.41. The molecule has 1 heterocycles. The van der Waals surface area contributed by atoms with Crippen LogP contribution in [0, 0.1) is 0 Å². The second-order valence-electron chi connectivity index (χ2n) is 4.85. The first-order valence-electron chi connectivity index (χ1n) is 6.72. The van der Waals surface area contributed by atoms with Crippen molar-refractivity contribution in [2.45, 2.75) is 24.3 Å². The largest absolute Gasteiger partial charge is 0.451 e. The highest BCUT2D eigenvalue weighted by Crippen LogP contribution is 2.29. The van der Waals surface area contributed by atoms with Crippen LogP contribution in [0.15, 0.2) is 35.5 Å². The van der Waals surface area contributed by atoms with Gasteiger partial charge in [-0.1, -0.05) is 42.1 Å². The van der Waals surface area contributed by atoms with E-state index in [1.54, 1.807) is 0 Å². The van der Waals surface area contributed by atoms with Crippen molar-refractivity contribution >= 4 is 17.7 Å². The molecule has 0 saturated heterocycles. The molecule has 0 fully saturated rings. The number of carbonyl (C=O) groups excluding carboxylic acids is 1. The number of hydrogen-bond donors (Lipinski definition) is 1. The second-order valence-corrected chi connectivity index (χ2v) is 5.79. The summed E-state index contributed by atoms with van der Waals surface area (Å²) >= 11 is 0.907. The smallest absolute Gasteiger partial charge is 0.349 e. The molecule has 0 radical (unpaired) electrons. The average Bonchev–Trinajstić information content (AvgIpc) is 2.87. The minimum atomic E-state index is -4.56. The summed E-state index contributed by atoms with van der Waals surface area (Å²) in [4.78, 5) is 11.9. The molecule has 1 amide bonds. The monoisotopic (exact) mass is 344 g/mol. The van der Waals surface area contributed by atoms with Crippen LogP contribution in [-0.2, 0) is 18.0 Å². The molecular formula is C14H15F3N4OS. The Labute approximate surface area is 135 Å². The average molecular weight is 344 g/mol. The maximum absolute atomic E-state index is 12.6. The summed E-state index contributed by atoms with van der Waals surface area (Å²) in [5, 5.41) is 9.40. The van der Waals surface area contributed by atoms with Crippen LogP contribution in [-0.4, -0.2) is 26.4 Å². The lowest BCUT2D eigenvalue weighted by Crippen LogP contribution is -2.28. The van der Waals surface area contributed by atoms with Crippen LogP contribution in [0.1, 0.15) is 24.4 Å². The zero-order chi connectivity index (χ0) is 17.0. The molecule has 5 nitrogen and oxygen atoms in total. The first-order valence-corrected chi connectivity index (χ1v) is 7.71. The van der Waals surface area contributed by atoms with Crippen molar-refractivity contribution in [1.29, 1.82) is 0 Å². The summed E-state index contributed by atoms with van der Waals surface area (Å²) < 4.78 is 38.7. The van der Waals surface area contributed by atoms with Gasteiger partial charge >= 0.3 is 6.18 Å². The van der Waals surface area contributed by atoms with Crippen LogP contribution in [0.3, 0.4) is 0 Å². The van der Waals surface area contributed by atoms with Gasteiger partial charge in [0.25, 0.3) is 0 Å². The van der Waals surface area contributed by atoms with E-state index in [1.165, 1.54) is 7.05 Å². The number of carbonyl (C=O) groups is 1. The topological polar surface area (TPSA) is 59.8 Å². The third kappa shape index (κ3) is 4.47. The van der Waals surface area contributed by atoms with E-state index < -0.39 is 12.0 Å². The van der Waals surface area contributed by atoms with Gasteiger partial charge in [0.2, 0.25) is 11.7 Å². The Bertz CT molecular complexity index is 672. The van der Waals surface area contributed by atoms with E-state index in [2.05, 4.69) is 15.5 Å². The molecule has 124 valence electrons. The molecule has 1 aromatic heterocycles. The molecule has 9 heteroatoms. The number of hydrogen-bond acceptors (Lipinski definition) is 4. The molecule has 1 aromatic carbocycles. The van der Waals surface area contributed by atoms with Crippen molar-refractivity contribution in [1.82, 2.24) is 20.1 Å². The number of benzene rings is 1. The van der Waals surface area contributed by atoms with Crippen LogP contribution >= 0.6 is 11.8 Å². The van der Waals surface area contributed by atoms with Gasteiger partial charge in [-0.2, -0.15) is 13.2 Å². The maximum Gasteiger partial charge on any atom is 0.451 e. The Morgan fingerprint density at radius 3 is 2.52 bits per heavy atom. The molecule has 0 aliphatic heterocycles. The third-order valence-electron chi connectivity index (χ3n) is 3.10. The van der Waals surface area contributed by atoms with Gasteiger partial charge in [-0.15, -0.1) is 10.2 Å². The fourth-order valence-corrected chi connectivity index (χ4v) is 2.65. The summed E-state index contributed by atoms with van der Waals surface area (Å²) in [6.07, 6.45) is -4.56. The fourth-order valence-electron chi connectivity index (χ4n) is 1.93.